The van der Waals surface area contributed by atoms with E-state index in [1.807, 2.05) is 19.2 Å². The first-order chi connectivity index (χ1) is 12.7. The molecule has 0 fully saturated rings. The zero-order chi connectivity index (χ0) is 18.4. The van der Waals surface area contributed by atoms with Crippen LogP contribution in [0.4, 0.5) is 5.69 Å². The van der Waals surface area contributed by atoms with Crippen molar-refractivity contribution in [3.05, 3.63) is 60.0 Å². The van der Waals surface area contributed by atoms with Gasteiger partial charge in [0.25, 0.3) is 5.91 Å². The highest BCUT2D eigenvalue weighted by Gasteiger charge is 2.12. The van der Waals surface area contributed by atoms with Crippen LogP contribution in [-0.2, 0) is 6.42 Å². The first-order valence-electron chi connectivity index (χ1n) is 9.19. The van der Waals surface area contributed by atoms with Crippen molar-refractivity contribution in [3.63, 3.8) is 0 Å². The molecule has 0 atom stereocenters. The van der Waals surface area contributed by atoms with Crippen LogP contribution >= 0.6 is 0 Å². The Morgan fingerprint density at radius 1 is 1.23 bits per heavy atom. The van der Waals surface area contributed by atoms with E-state index in [0.29, 0.717) is 5.69 Å². The molecule has 2 heterocycles. The molecule has 26 heavy (non-hydrogen) atoms. The van der Waals surface area contributed by atoms with Crippen molar-refractivity contribution in [2.45, 2.75) is 26.2 Å². The number of aromatic nitrogens is 2. The molecule has 0 aliphatic carbocycles. The van der Waals surface area contributed by atoms with Crippen molar-refractivity contribution < 1.29 is 4.79 Å². The van der Waals surface area contributed by atoms with Gasteiger partial charge in [-0.25, -0.2) is 4.98 Å². The summed E-state index contributed by atoms with van der Waals surface area (Å²) >= 11 is 0. The summed E-state index contributed by atoms with van der Waals surface area (Å²) in [5.74, 6) is -0.0243. The molecule has 2 N–H and O–H groups in total. The smallest absolute Gasteiger partial charge is 0.272 e. The molecule has 5 heteroatoms. The molecule has 3 aromatic rings. The van der Waals surface area contributed by atoms with Crippen LogP contribution in [-0.4, -0.2) is 40.9 Å². The predicted molar refractivity (Wildman–Crippen MR) is 107 cm³/mol. The van der Waals surface area contributed by atoms with Crippen LogP contribution in [0.5, 0.6) is 0 Å². The number of anilines is 1. The van der Waals surface area contributed by atoms with Gasteiger partial charge in [0.15, 0.2) is 0 Å². The topological polar surface area (TPSA) is 61.0 Å². The van der Waals surface area contributed by atoms with Crippen molar-refractivity contribution >= 4 is 22.5 Å². The lowest BCUT2D eigenvalue weighted by molar-refractivity contribution is 0.0787. The number of nitrogens with one attached hydrogen (secondary N) is 2. The molecule has 0 saturated carbocycles. The lowest BCUT2D eigenvalue weighted by Crippen LogP contribution is -2.28. The summed E-state index contributed by atoms with van der Waals surface area (Å²) in [4.78, 5) is 21.6. The monoisotopic (exact) mass is 350 g/mol. The van der Waals surface area contributed by atoms with Gasteiger partial charge in [0.2, 0.25) is 0 Å². The summed E-state index contributed by atoms with van der Waals surface area (Å²) in [6, 6.07) is 12.0. The molecule has 5 nitrogen and oxygen atoms in total. The lowest BCUT2D eigenvalue weighted by Gasteiger charge is -2.16. The van der Waals surface area contributed by atoms with Gasteiger partial charge in [-0.05, 0) is 36.6 Å². The van der Waals surface area contributed by atoms with E-state index < -0.39 is 0 Å². The summed E-state index contributed by atoms with van der Waals surface area (Å²) in [5, 5.41) is 4.64. The molecule has 0 saturated heterocycles. The summed E-state index contributed by atoms with van der Waals surface area (Å²) < 4.78 is 0. The molecular weight excluding hydrogens is 324 g/mol. The minimum atomic E-state index is -0.0243. The first kappa shape index (κ1) is 18.0. The second kappa shape index (κ2) is 8.52. The van der Waals surface area contributed by atoms with Crippen molar-refractivity contribution in [1.82, 2.24) is 14.9 Å². The van der Waals surface area contributed by atoms with Crippen LogP contribution in [0.2, 0.25) is 0 Å². The van der Waals surface area contributed by atoms with E-state index in [1.54, 1.807) is 17.2 Å². The maximum absolute atomic E-state index is 12.3. The van der Waals surface area contributed by atoms with Crippen molar-refractivity contribution in [2.75, 3.05) is 25.5 Å². The van der Waals surface area contributed by atoms with Crippen LogP contribution in [0.15, 0.2) is 48.8 Å². The van der Waals surface area contributed by atoms with E-state index in [4.69, 9.17) is 0 Å². The number of para-hydroxylation sites is 1. The highest BCUT2D eigenvalue weighted by molar-refractivity contribution is 5.92. The fourth-order valence-corrected chi connectivity index (χ4v) is 3.00. The van der Waals surface area contributed by atoms with E-state index in [2.05, 4.69) is 46.6 Å². The molecule has 0 bridgehead atoms. The molecule has 0 aliphatic heterocycles. The van der Waals surface area contributed by atoms with Gasteiger partial charge in [-0.2, -0.15) is 0 Å². The number of amides is 1. The quantitative estimate of drug-likeness (QED) is 0.643. The van der Waals surface area contributed by atoms with Crippen molar-refractivity contribution in [3.8, 4) is 0 Å². The van der Waals surface area contributed by atoms with Gasteiger partial charge in [0.05, 0.1) is 11.9 Å². The zero-order valence-corrected chi connectivity index (χ0v) is 15.5. The Labute approximate surface area is 154 Å². The highest BCUT2D eigenvalue weighted by atomic mass is 16.2. The number of rotatable bonds is 8. The molecular formula is C21H26N4O. The minimum absolute atomic E-state index is 0.0243. The molecule has 2 aromatic heterocycles. The Bertz CT molecular complexity index is 854. The minimum Gasteiger partial charge on any atom is -0.383 e. The number of fused-ring (bicyclic) bond motifs is 1. The third kappa shape index (κ3) is 4.23. The van der Waals surface area contributed by atoms with Crippen molar-refractivity contribution in [2.24, 2.45) is 0 Å². The van der Waals surface area contributed by atoms with Crippen LogP contribution in [0.3, 0.4) is 0 Å². The molecule has 136 valence electrons. The SMILES string of the molecule is CCCCN(C)C(=O)c1ccc(NCCc2c[nH]c3ccccc23)cn1. The Morgan fingerprint density at radius 3 is 2.85 bits per heavy atom. The zero-order valence-electron chi connectivity index (χ0n) is 15.5. The molecule has 0 unspecified atom stereocenters. The van der Waals surface area contributed by atoms with Gasteiger partial charge in [0, 0.05) is 37.2 Å². The Hall–Kier alpha value is -2.82. The maximum Gasteiger partial charge on any atom is 0.272 e. The average Bonchev–Trinajstić information content (AvgIpc) is 3.09. The van der Waals surface area contributed by atoms with E-state index in [0.717, 1.165) is 38.0 Å². The first-order valence-corrected chi connectivity index (χ1v) is 9.19. The van der Waals surface area contributed by atoms with E-state index >= 15 is 0 Å². The molecule has 0 radical (unpaired) electrons. The Kier molecular flexibility index (Phi) is 5.89. The maximum atomic E-state index is 12.3. The van der Waals surface area contributed by atoms with Gasteiger partial charge in [0.1, 0.15) is 5.69 Å². The third-order valence-electron chi connectivity index (χ3n) is 4.57. The lowest BCUT2D eigenvalue weighted by atomic mass is 10.1. The second-order valence-electron chi connectivity index (χ2n) is 6.55. The summed E-state index contributed by atoms with van der Waals surface area (Å²) in [5.41, 5.74) is 3.88. The number of carbonyl (C=O) groups excluding carboxylic acids is 1. The van der Waals surface area contributed by atoms with Gasteiger partial charge in [-0.3, -0.25) is 4.79 Å². The van der Waals surface area contributed by atoms with Crippen LogP contribution in [0.25, 0.3) is 10.9 Å². The van der Waals surface area contributed by atoms with Gasteiger partial charge >= 0.3 is 0 Å². The number of unbranched alkanes of at least 4 members (excludes halogenated alkanes) is 1. The van der Waals surface area contributed by atoms with Crippen LogP contribution in [0.1, 0.15) is 35.8 Å². The fourth-order valence-electron chi connectivity index (χ4n) is 3.00. The van der Waals surface area contributed by atoms with Crippen LogP contribution in [0, 0.1) is 0 Å². The normalized spacial score (nSPS) is 10.8. The summed E-state index contributed by atoms with van der Waals surface area (Å²) in [7, 11) is 1.83. The standard InChI is InChI=1S/C21H26N4O/c1-3-4-13-25(2)21(26)20-10-9-17(15-24-20)22-12-11-16-14-23-19-8-6-5-7-18(16)19/h5-10,14-15,22-23H,3-4,11-13H2,1-2H3. The number of pyridine rings is 1. The average molecular weight is 350 g/mol. The van der Waals surface area contributed by atoms with E-state index in [9.17, 15) is 4.79 Å². The predicted octanol–water partition coefficient (Wildman–Crippen LogP) is 4.09. The molecule has 0 spiro atoms. The summed E-state index contributed by atoms with van der Waals surface area (Å²) in [6.45, 7) is 3.70. The molecule has 0 aliphatic rings. The molecule has 1 aromatic carbocycles. The number of nitrogens with zero attached hydrogens (tertiary/aromatic N) is 2. The number of H-pyrrole nitrogens is 1. The number of hydrogen-bond acceptors (Lipinski definition) is 3. The van der Waals surface area contributed by atoms with Crippen molar-refractivity contribution in [1.29, 1.82) is 0 Å². The number of hydrogen-bond donors (Lipinski definition) is 2. The molecule has 1 amide bonds. The number of carbonyl (C=O) groups is 1. The number of aromatic amines is 1. The second-order valence-corrected chi connectivity index (χ2v) is 6.55. The number of benzene rings is 1. The van der Waals surface area contributed by atoms with Gasteiger partial charge in [-0.15, -0.1) is 0 Å². The van der Waals surface area contributed by atoms with Gasteiger partial charge < -0.3 is 15.2 Å². The summed E-state index contributed by atoms with van der Waals surface area (Å²) in [6.07, 6.45) is 6.80. The Morgan fingerprint density at radius 2 is 2.08 bits per heavy atom. The largest absolute Gasteiger partial charge is 0.383 e. The fraction of sp³-hybridized carbons (Fsp3) is 0.333. The third-order valence-corrected chi connectivity index (χ3v) is 4.57. The van der Waals surface area contributed by atoms with E-state index in [-0.39, 0.29) is 5.91 Å². The Balaban J connectivity index is 1.53. The van der Waals surface area contributed by atoms with E-state index in [1.165, 1.54) is 16.5 Å². The highest BCUT2D eigenvalue weighted by Crippen LogP contribution is 2.18. The molecule has 3 rings (SSSR count). The van der Waals surface area contributed by atoms with Gasteiger partial charge in [-0.1, -0.05) is 31.5 Å². The van der Waals surface area contributed by atoms with Crippen LogP contribution < -0.4 is 5.32 Å².